The average molecular weight is 344 g/mol. The third-order valence-electron chi connectivity index (χ3n) is 4.63. The fourth-order valence-corrected chi connectivity index (χ4v) is 2.24. The Balaban J connectivity index is 2.21. The van der Waals surface area contributed by atoms with Gasteiger partial charge in [-0.1, -0.05) is 18.1 Å². The van der Waals surface area contributed by atoms with Crippen LogP contribution in [0.5, 0.6) is 0 Å². The van der Waals surface area contributed by atoms with Gasteiger partial charge >= 0.3 is 13.1 Å². The van der Waals surface area contributed by atoms with Crippen LogP contribution in [0.1, 0.15) is 45.7 Å². The van der Waals surface area contributed by atoms with E-state index in [1.54, 1.807) is 31.2 Å². The molecule has 0 saturated carbocycles. The molecule has 132 valence electrons. The highest BCUT2D eigenvalue weighted by Crippen LogP contribution is 2.40. The molecule has 0 N–H and O–H groups in total. The molecule has 0 bridgehead atoms. The highest BCUT2D eigenvalue weighted by atomic mass is 19.1. The molecular weight excluding hydrogens is 322 g/mol. The van der Waals surface area contributed by atoms with Crippen molar-refractivity contribution in [1.29, 1.82) is 0 Å². The SMILES string of the molecule is COC(=O)C#Cc1ccc(C(C)=C(F)B2OC(C)(C)C(C)(C)O2)cc1. The van der Waals surface area contributed by atoms with Gasteiger partial charge in [0.05, 0.1) is 18.3 Å². The molecule has 0 radical (unpaired) electrons. The maximum Gasteiger partial charge on any atom is 0.525 e. The largest absolute Gasteiger partial charge is 0.525 e. The molecule has 0 aliphatic carbocycles. The Kier molecular flexibility index (Phi) is 5.41. The van der Waals surface area contributed by atoms with Gasteiger partial charge in [0.2, 0.25) is 0 Å². The Morgan fingerprint density at radius 1 is 1.12 bits per heavy atom. The van der Waals surface area contributed by atoms with Crippen LogP contribution in [0.15, 0.2) is 30.0 Å². The number of esters is 1. The molecule has 1 aliphatic rings. The molecule has 1 saturated heterocycles. The fraction of sp³-hybridized carbons (Fsp3) is 0.421. The van der Waals surface area contributed by atoms with Gasteiger partial charge in [-0.25, -0.2) is 9.18 Å². The van der Waals surface area contributed by atoms with Gasteiger partial charge in [0.1, 0.15) is 5.73 Å². The summed E-state index contributed by atoms with van der Waals surface area (Å²) in [6.07, 6.45) is 0. The molecule has 1 aromatic rings. The number of carbonyl (C=O) groups is 1. The number of ether oxygens (including phenoxy) is 1. The van der Waals surface area contributed by atoms with Crippen LogP contribution in [0.25, 0.3) is 5.57 Å². The summed E-state index contributed by atoms with van der Waals surface area (Å²) in [6.45, 7) is 9.19. The van der Waals surface area contributed by atoms with Crippen molar-refractivity contribution in [3.8, 4) is 11.8 Å². The minimum absolute atomic E-state index is 0.436. The maximum absolute atomic E-state index is 14.8. The molecule has 25 heavy (non-hydrogen) atoms. The van der Waals surface area contributed by atoms with E-state index in [9.17, 15) is 9.18 Å². The molecule has 6 heteroatoms. The van der Waals surface area contributed by atoms with E-state index in [0.29, 0.717) is 16.7 Å². The second-order valence-corrected chi connectivity index (χ2v) is 6.88. The first-order valence-electron chi connectivity index (χ1n) is 8.00. The van der Waals surface area contributed by atoms with Gasteiger partial charge in [-0.05, 0) is 57.9 Å². The Hall–Kier alpha value is -2.10. The van der Waals surface area contributed by atoms with Crippen LogP contribution < -0.4 is 0 Å². The van der Waals surface area contributed by atoms with Crippen molar-refractivity contribution in [2.45, 2.75) is 45.8 Å². The zero-order valence-corrected chi connectivity index (χ0v) is 15.4. The number of methoxy groups -OCH3 is 1. The molecule has 1 heterocycles. The first-order valence-corrected chi connectivity index (χ1v) is 8.00. The maximum atomic E-state index is 14.8. The van der Waals surface area contributed by atoms with Gasteiger partial charge in [-0.3, -0.25) is 0 Å². The zero-order chi connectivity index (χ0) is 18.8. The number of allylic oxidation sites excluding steroid dienone is 1. The van der Waals surface area contributed by atoms with E-state index in [2.05, 4.69) is 16.6 Å². The van der Waals surface area contributed by atoms with E-state index in [-0.39, 0.29) is 0 Å². The Labute approximate surface area is 148 Å². The standard InChI is InChI=1S/C19H22BFO4/c1-13(17(21)20-24-18(2,3)19(4,5)25-20)15-10-7-14(8-11-15)9-12-16(22)23-6/h7-8,10-11H,1-6H3. The van der Waals surface area contributed by atoms with Crippen molar-refractivity contribution in [2.24, 2.45) is 0 Å². The lowest BCUT2D eigenvalue weighted by Crippen LogP contribution is -2.41. The Morgan fingerprint density at radius 2 is 1.64 bits per heavy atom. The summed E-state index contributed by atoms with van der Waals surface area (Å²) in [4.78, 5) is 11.0. The third-order valence-corrected chi connectivity index (χ3v) is 4.63. The molecule has 1 fully saturated rings. The molecule has 4 nitrogen and oxygen atoms in total. The van der Waals surface area contributed by atoms with Crippen molar-refractivity contribution in [2.75, 3.05) is 7.11 Å². The first kappa shape index (κ1) is 19.2. The van der Waals surface area contributed by atoms with Crippen LogP contribution in [0.3, 0.4) is 0 Å². The first-order chi connectivity index (χ1) is 11.6. The van der Waals surface area contributed by atoms with Crippen LogP contribution in [0.2, 0.25) is 0 Å². The second kappa shape index (κ2) is 7.03. The molecule has 1 aliphatic heterocycles. The summed E-state index contributed by atoms with van der Waals surface area (Å²) in [7, 11) is 0.246. The quantitative estimate of drug-likeness (QED) is 0.468. The summed E-state index contributed by atoms with van der Waals surface area (Å²) >= 11 is 0. The van der Waals surface area contributed by atoms with Gasteiger partial charge in [-0.2, -0.15) is 0 Å². The van der Waals surface area contributed by atoms with E-state index in [1.807, 2.05) is 27.7 Å². The second-order valence-electron chi connectivity index (χ2n) is 6.88. The molecule has 0 aromatic heterocycles. The number of halogens is 1. The van der Waals surface area contributed by atoms with E-state index in [0.717, 1.165) is 0 Å². The number of hydrogen-bond donors (Lipinski definition) is 0. The summed E-state index contributed by atoms with van der Waals surface area (Å²) in [6, 6.07) is 6.90. The highest BCUT2D eigenvalue weighted by Gasteiger charge is 2.53. The average Bonchev–Trinajstić information content (AvgIpc) is 2.79. The van der Waals surface area contributed by atoms with Crippen LogP contribution in [-0.2, 0) is 18.8 Å². The van der Waals surface area contributed by atoms with E-state index in [4.69, 9.17) is 9.31 Å². The predicted octanol–water partition coefficient (Wildman–Crippen LogP) is 3.54. The lowest BCUT2D eigenvalue weighted by molar-refractivity contribution is -0.133. The topological polar surface area (TPSA) is 44.8 Å². The normalized spacial score (nSPS) is 18.9. The Morgan fingerprint density at radius 3 is 2.12 bits per heavy atom. The van der Waals surface area contributed by atoms with Gasteiger partial charge in [0.15, 0.2) is 0 Å². The van der Waals surface area contributed by atoms with Crippen LogP contribution in [0, 0.1) is 11.8 Å². The number of benzene rings is 1. The van der Waals surface area contributed by atoms with E-state index >= 15 is 0 Å². The van der Waals surface area contributed by atoms with Crippen molar-refractivity contribution < 1.29 is 23.2 Å². The van der Waals surface area contributed by atoms with E-state index < -0.39 is 30.0 Å². The number of rotatable bonds is 2. The van der Waals surface area contributed by atoms with Crippen molar-refractivity contribution >= 4 is 18.7 Å². The number of hydrogen-bond acceptors (Lipinski definition) is 4. The third kappa shape index (κ3) is 4.12. The summed E-state index contributed by atoms with van der Waals surface area (Å²) in [5.74, 6) is 4.42. The van der Waals surface area contributed by atoms with Gasteiger partial charge in [-0.15, -0.1) is 0 Å². The van der Waals surface area contributed by atoms with Crippen molar-refractivity contribution in [1.82, 2.24) is 0 Å². The molecule has 0 amide bonds. The van der Waals surface area contributed by atoms with Crippen LogP contribution >= 0.6 is 0 Å². The van der Waals surface area contributed by atoms with Crippen LogP contribution in [-0.4, -0.2) is 31.4 Å². The molecular formula is C19H22BFO4. The van der Waals surface area contributed by atoms with Gasteiger partial charge < -0.3 is 14.0 Å². The summed E-state index contributed by atoms with van der Waals surface area (Å²) < 4.78 is 30.8. The predicted molar refractivity (Wildman–Crippen MR) is 95.1 cm³/mol. The smallest absolute Gasteiger partial charge is 0.459 e. The number of carbonyl (C=O) groups excluding carboxylic acids is 1. The minimum Gasteiger partial charge on any atom is -0.459 e. The van der Waals surface area contributed by atoms with Crippen molar-refractivity contribution in [3.05, 3.63) is 41.1 Å². The lowest BCUT2D eigenvalue weighted by atomic mass is 9.83. The fourth-order valence-electron chi connectivity index (χ4n) is 2.24. The minimum atomic E-state index is -1.02. The van der Waals surface area contributed by atoms with Crippen molar-refractivity contribution in [3.63, 3.8) is 0 Å². The van der Waals surface area contributed by atoms with Crippen LogP contribution in [0.4, 0.5) is 4.39 Å². The Bertz CT molecular complexity index is 738. The molecule has 1 aromatic carbocycles. The highest BCUT2D eigenvalue weighted by molar-refractivity contribution is 6.55. The molecule has 0 unspecified atom stereocenters. The molecule has 2 rings (SSSR count). The molecule has 0 atom stereocenters. The monoisotopic (exact) mass is 344 g/mol. The van der Waals surface area contributed by atoms with Gasteiger partial charge in [0, 0.05) is 11.5 Å². The van der Waals surface area contributed by atoms with E-state index in [1.165, 1.54) is 7.11 Å². The van der Waals surface area contributed by atoms with Gasteiger partial charge in [0.25, 0.3) is 0 Å². The zero-order valence-electron chi connectivity index (χ0n) is 15.4. The molecule has 0 spiro atoms. The summed E-state index contributed by atoms with van der Waals surface area (Å²) in [5.41, 5.74) is 0.123. The summed E-state index contributed by atoms with van der Waals surface area (Å²) in [5, 5.41) is 0. The lowest BCUT2D eigenvalue weighted by Gasteiger charge is -2.32.